The third-order valence-electron chi connectivity index (χ3n) is 2.52. The van der Waals surface area contributed by atoms with Crippen molar-refractivity contribution in [1.82, 2.24) is 5.32 Å². The number of rotatable bonds is 7. The first-order valence-electron chi connectivity index (χ1n) is 6.39. The SMILES string of the molecule is CCNc1ccc(C)cc1C(=O)NCCOCC. The Morgan fingerprint density at radius 1 is 1.33 bits per heavy atom. The number of amides is 1. The fourth-order valence-electron chi connectivity index (χ4n) is 1.67. The van der Waals surface area contributed by atoms with Gasteiger partial charge in [-0.25, -0.2) is 0 Å². The van der Waals surface area contributed by atoms with Crippen LogP contribution in [0.1, 0.15) is 29.8 Å². The van der Waals surface area contributed by atoms with Crippen LogP contribution in [0, 0.1) is 6.92 Å². The average molecular weight is 250 g/mol. The van der Waals surface area contributed by atoms with Crippen molar-refractivity contribution in [2.24, 2.45) is 0 Å². The van der Waals surface area contributed by atoms with Gasteiger partial charge in [0.05, 0.1) is 12.2 Å². The molecule has 0 aliphatic heterocycles. The topological polar surface area (TPSA) is 50.4 Å². The van der Waals surface area contributed by atoms with E-state index in [-0.39, 0.29) is 5.91 Å². The minimum atomic E-state index is -0.0608. The fraction of sp³-hybridized carbons (Fsp3) is 0.500. The van der Waals surface area contributed by atoms with Crippen molar-refractivity contribution in [3.63, 3.8) is 0 Å². The summed E-state index contributed by atoms with van der Waals surface area (Å²) in [6, 6.07) is 5.83. The summed E-state index contributed by atoms with van der Waals surface area (Å²) in [5.74, 6) is -0.0608. The molecule has 4 heteroatoms. The van der Waals surface area contributed by atoms with E-state index < -0.39 is 0 Å². The molecule has 0 radical (unpaired) electrons. The first-order chi connectivity index (χ1) is 8.69. The minimum absolute atomic E-state index is 0.0608. The van der Waals surface area contributed by atoms with Crippen molar-refractivity contribution in [3.05, 3.63) is 29.3 Å². The van der Waals surface area contributed by atoms with Crippen LogP contribution in [0.25, 0.3) is 0 Å². The Balaban J connectivity index is 2.67. The molecule has 0 bridgehead atoms. The van der Waals surface area contributed by atoms with Gasteiger partial charge in [0, 0.05) is 25.4 Å². The molecule has 0 fully saturated rings. The Kier molecular flexibility index (Phi) is 6.22. The zero-order valence-electron chi connectivity index (χ0n) is 11.4. The third kappa shape index (κ3) is 4.37. The fourth-order valence-corrected chi connectivity index (χ4v) is 1.67. The highest BCUT2D eigenvalue weighted by molar-refractivity contribution is 5.99. The molecular formula is C14H22N2O2. The van der Waals surface area contributed by atoms with Crippen molar-refractivity contribution in [1.29, 1.82) is 0 Å². The second kappa shape index (κ2) is 7.71. The van der Waals surface area contributed by atoms with Crippen molar-refractivity contribution >= 4 is 11.6 Å². The summed E-state index contributed by atoms with van der Waals surface area (Å²) >= 11 is 0. The van der Waals surface area contributed by atoms with Crippen molar-refractivity contribution in [3.8, 4) is 0 Å². The maximum atomic E-state index is 12.0. The van der Waals surface area contributed by atoms with E-state index in [4.69, 9.17) is 4.74 Å². The first-order valence-corrected chi connectivity index (χ1v) is 6.39. The summed E-state index contributed by atoms with van der Waals surface area (Å²) in [5, 5.41) is 6.05. The molecule has 4 nitrogen and oxygen atoms in total. The van der Waals surface area contributed by atoms with Crippen LogP contribution >= 0.6 is 0 Å². The molecule has 0 aliphatic rings. The molecule has 0 saturated heterocycles. The highest BCUT2D eigenvalue weighted by Crippen LogP contribution is 2.17. The number of carbonyl (C=O) groups is 1. The second-order valence-electron chi connectivity index (χ2n) is 4.03. The number of benzene rings is 1. The summed E-state index contributed by atoms with van der Waals surface area (Å²) in [4.78, 5) is 12.0. The van der Waals surface area contributed by atoms with Gasteiger partial charge in [-0.1, -0.05) is 11.6 Å². The molecule has 0 aliphatic carbocycles. The smallest absolute Gasteiger partial charge is 0.253 e. The molecule has 0 heterocycles. The summed E-state index contributed by atoms with van der Waals surface area (Å²) in [7, 11) is 0. The largest absolute Gasteiger partial charge is 0.385 e. The van der Waals surface area contributed by atoms with Crippen molar-refractivity contribution in [2.75, 3.05) is 31.6 Å². The van der Waals surface area contributed by atoms with Gasteiger partial charge in [0.2, 0.25) is 0 Å². The van der Waals surface area contributed by atoms with E-state index in [1.165, 1.54) is 0 Å². The number of aryl methyl sites for hydroxylation is 1. The van der Waals surface area contributed by atoms with Crippen LogP contribution in [-0.4, -0.2) is 32.2 Å². The highest BCUT2D eigenvalue weighted by atomic mass is 16.5. The van der Waals surface area contributed by atoms with E-state index >= 15 is 0 Å². The summed E-state index contributed by atoms with van der Waals surface area (Å²) in [6.45, 7) is 8.47. The maximum absolute atomic E-state index is 12.0. The lowest BCUT2D eigenvalue weighted by Crippen LogP contribution is -2.28. The Labute approximate surface area is 109 Å². The van der Waals surface area contributed by atoms with Crippen LogP contribution < -0.4 is 10.6 Å². The molecule has 2 N–H and O–H groups in total. The Bertz CT molecular complexity index is 391. The van der Waals surface area contributed by atoms with E-state index in [1.54, 1.807) is 0 Å². The van der Waals surface area contributed by atoms with Crippen LogP contribution in [-0.2, 0) is 4.74 Å². The van der Waals surface area contributed by atoms with Gasteiger partial charge in [0.1, 0.15) is 0 Å². The predicted octanol–water partition coefficient (Wildman–Crippen LogP) is 2.19. The van der Waals surface area contributed by atoms with Crippen LogP contribution in [0.5, 0.6) is 0 Å². The van der Waals surface area contributed by atoms with E-state index in [9.17, 15) is 4.79 Å². The van der Waals surface area contributed by atoms with Gasteiger partial charge >= 0.3 is 0 Å². The normalized spacial score (nSPS) is 10.2. The Morgan fingerprint density at radius 2 is 2.11 bits per heavy atom. The van der Waals surface area contributed by atoms with Gasteiger partial charge in [-0.2, -0.15) is 0 Å². The van der Waals surface area contributed by atoms with Gasteiger partial charge in [-0.15, -0.1) is 0 Å². The summed E-state index contributed by atoms with van der Waals surface area (Å²) in [6.07, 6.45) is 0. The van der Waals surface area contributed by atoms with E-state index in [2.05, 4.69) is 10.6 Å². The van der Waals surface area contributed by atoms with Crippen LogP contribution in [0.4, 0.5) is 5.69 Å². The Morgan fingerprint density at radius 3 is 2.78 bits per heavy atom. The second-order valence-corrected chi connectivity index (χ2v) is 4.03. The van der Waals surface area contributed by atoms with Gasteiger partial charge in [-0.3, -0.25) is 4.79 Å². The molecule has 0 spiro atoms. The van der Waals surface area contributed by atoms with Crippen LogP contribution in [0.2, 0.25) is 0 Å². The van der Waals surface area contributed by atoms with E-state index in [0.717, 1.165) is 17.8 Å². The van der Waals surface area contributed by atoms with Gasteiger partial charge in [0.25, 0.3) is 5.91 Å². The standard InChI is InChI=1S/C14H22N2O2/c1-4-15-13-7-6-11(3)10-12(13)14(17)16-8-9-18-5-2/h6-7,10,15H,4-5,8-9H2,1-3H3,(H,16,17). The number of anilines is 1. The number of ether oxygens (including phenoxy) is 1. The Hall–Kier alpha value is -1.55. The maximum Gasteiger partial charge on any atom is 0.253 e. The third-order valence-corrected chi connectivity index (χ3v) is 2.52. The molecule has 0 aromatic heterocycles. The monoisotopic (exact) mass is 250 g/mol. The summed E-state index contributed by atoms with van der Waals surface area (Å²) in [5.41, 5.74) is 2.64. The van der Waals surface area contributed by atoms with Gasteiger partial charge < -0.3 is 15.4 Å². The lowest BCUT2D eigenvalue weighted by Gasteiger charge is -2.12. The zero-order chi connectivity index (χ0) is 13.4. The highest BCUT2D eigenvalue weighted by Gasteiger charge is 2.10. The van der Waals surface area contributed by atoms with Crippen LogP contribution in [0.3, 0.4) is 0 Å². The molecular weight excluding hydrogens is 228 g/mol. The summed E-state index contributed by atoms with van der Waals surface area (Å²) < 4.78 is 5.19. The molecule has 18 heavy (non-hydrogen) atoms. The minimum Gasteiger partial charge on any atom is -0.385 e. The van der Waals surface area contributed by atoms with Gasteiger partial charge in [0.15, 0.2) is 0 Å². The number of carbonyl (C=O) groups excluding carboxylic acids is 1. The molecule has 1 rings (SSSR count). The molecule has 0 atom stereocenters. The lowest BCUT2D eigenvalue weighted by atomic mass is 10.1. The molecule has 1 amide bonds. The number of nitrogens with one attached hydrogen (secondary N) is 2. The average Bonchev–Trinajstić information content (AvgIpc) is 2.37. The van der Waals surface area contributed by atoms with E-state index in [0.29, 0.717) is 25.3 Å². The van der Waals surface area contributed by atoms with E-state index in [1.807, 2.05) is 39.0 Å². The van der Waals surface area contributed by atoms with Crippen molar-refractivity contribution in [2.45, 2.75) is 20.8 Å². The molecule has 0 saturated carbocycles. The number of hydrogen-bond acceptors (Lipinski definition) is 3. The van der Waals surface area contributed by atoms with Crippen molar-refractivity contribution < 1.29 is 9.53 Å². The number of hydrogen-bond donors (Lipinski definition) is 2. The van der Waals surface area contributed by atoms with Crippen LogP contribution in [0.15, 0.2) is 18.2 Å². The van der Waals surface area contributed by atoms with Gasteiger partial charge in [-0.05, 0) is 32.9 Å². The zero-order valence-corrected chi connectivity index (χ0v) is 11.4. The molecule has 1 aromatic carbocycles. The predicted molar refractivity (Wildman–Crippen MR) is 74.2 cm³/mol. The molecule has 100 valence electrons. The first kappa shape index (κ1) is 14.5. The lowest BCUT2D eigenvalue weighted by molar-refractivity contribution is 0.0923. The quantitative estimate of drug-likeness (QED) is 0.729. The molecule has 0 unspecified atom stereocenters. The molecule has 1 aromatic rings.